The summed E-state index contributed by atoms with van der Waals surface area (Å²) in [4.78, 5) is 0.192. The van der Waals surface area contributed by atoms with Crippen LogP contribution >= 0.6 is 11.8 Å². The van der Waals surface area contributed by atoms with Gasteiger partial charge in [-0.1, -0.05) is 24.0 Å². The van der Waals surface area contributed by atoms with Gasteiger partial charge < -0.3 is 5.73 Å². The maximum Gasteiger partial charge on any atom is 0.241 e. The Labute approximate surface area is 125 Å². The predicted octanol–water partition coefficient (Wildman–Crippen LogP) is 1.42. The summed E-state index contributed by atoms with van der Waals surface area (Å²) < 4.78 is 27.2. The van der Waals surface area contributed by atoms with Crippen molar-refractivity contribution in [3.8, 4) is 11.8 Å². The lowest BCUT2D eigenvalue weighted by molar-refractivity contribution is 0.570. The highest BCUT2D eigenvalue weighted by molar-refractivity contribution is 8.00. The Morgan fingerprint density at radius 1 is 1.35 bits per heavy atom. The first kappa shape index (κ1) is 17.1. The highest BCUT2D eigenvalue weighted by atomic mass is 32.2. The second kappa shape index (κ2) is 7.14. The van der Waals surface area contributed by atoms with Crippen molar-refractivity contribution in [3.05, 3.63) is 29.8 Å². The van der Waals surface area contributed by atoms with Crippen LogP contribution in [0.1, 0.15) is 19.4 Å². The molecule has 4 nitrogen and oxygen atoms in total. The van der Waals surface area contributed by atoms with Crippen LogP contribution in [0.5, 0.6) is 0 Å². The minimum absolute atomic E-state index is 0.162. The van der Waals surface area contributed by atoms with Crippen molar-refractivity contribution in [1.29, 1.82) is 0 Å². The van der Waals surface area contributed by atoms with E-state index in [1.54, 1.807) is 36.0 Å². The van der Waals surface area contributed by atoms with E-state index in [9.17, 15) is 8.42 Å². The van der Waals surface area contributed by atoms with Crippen LogP contribution < -0.4 is 10.5 Å². The zero-order chi connectivity index (χ0) is 15.2. The van der Waals surface area contributed by atoms with E-state index in [4.69, 9.17) is 5.73 Å². The summed E-state index contributed by atoms with van der Waals surface area (Å²) in [5, 5.41) is 0. The van der Waals surface area contributed by atoms with Gasteiger partial charge in [-0.05, 0) is 32.2 Å². The van der Waals surface area contributed by atoms with E-state index in [0.717, 1.165) is 0 Å². The molecule has 0 aliphatic rings. The van der Waals surface area contributed by atoms with Crippen LogP contribution in [0, 0.1) is 11.8 Å². The Balaban J connectivity index is 3.04. The molecule has 0 atom stereocenters. The molecule has 110 valence electrons. The maximum atomic E-state index is 12.4. The number of sulfonamides is 1. The zero-order valence-corrected chi connectivity index (χ0v) is 13.6. The van der Waals surface area contributed by atoms with Gasteiger partial charge in [0, 0.05) is 16.9 Å². The standard InChI is InChI=1S/C14H20N2O2S2/c1-14(2,19-3)11-16-20(17,18)13-9-5-4-7-12(13)8-6-10-15/h4-5,7,9,16H,10-11,15H2,1-3H3. The maximum absolute atomic E-state index is 12.4. The molecule has 0 radical (unpaired) electrons. The van der Waals surface area contributed by atoms with E-state index in [1.165, 1.54) is 0 Å². The molecule has 20 heavy (non-hydrogen) atoms. The number of nitrogens with one attached hydrogen (secondary N) is 1. The largest absolute Gasteiger partial charge is 0.320 e. The molecule has 0 fully saturated rings. The molecular weight excluding hydrogens is 292 g/mol. The van der Waals surface area contributed by atoms with Crippen molar-refractivity contribution in [2.24, 2.45) is 5.73 Å². The van der Waals surface area contributed by atoms with Crippen LogP contribution in [-0.2, 0) is 10.0 Å². The van der Waals surface area contributed by atoms with Gasteiger partial charge in [0.15, 0.2) is 0 Å². The van der Waals surface area contributed by atoms with Gasteiger partial charge in [-0.25, -0.2) is 13.1 Å². The third kappa shape index (κ3) is 4.84. The normalized spacial score (nSPS) is 11.8. The number of benzene rings is 1. The van der Waals surface area contributed by atoms with Gasteiger partial charge in [0.2, 0.25) is 10.0 Å². The Morgan fingerprint density at radius 3 is 2.60 bits per heavy atom. The third-order valence-corrected chi connectivity index (χ3v) is 5.45. The van der Waals surface area contributed by atoms with E-state index < -0.39 is 10.0 Å². The number of hydrogen-bond donors (Lipinski definition) is 2. The van der Waals surface area contributed by atoms with Gasteiger partial charge in [0.1, 0.15) is 0 Å². The van der Waals surface area contributed by atoms with Crippen molar-refractivity contribution in [1.82, 2.24) is 4.72 Å². The van der Waals surface area contributed by atoms with Crippen LogP contribution in [0.25, 0.3) is 0 Å². The van der Waals surface area contributed by atoms with Crippen molar-refractivity contribution >= 4 is 21.8 Å². The molecule has 0 amide bonds. The average Bonchev–Trinajstić information content (AvgIpc) is 2.43. The molecule has 0 aromatic heterocycles. The second-order valence-electron chi connectivity index (χ2n) is 4.79. The number of rotatable bonds is 5. The molecule has 0 bridgehead atoms. The molecule has 0 saturated heterocycles. The monoisotopic (exact) mass is 312 g/mol. The molecule has 1 aromatic rings. The fraction of sp³-hybridized carbons (Fsp3) is 0.429. The Morgan fingerprint density at radius 2 is 2.00 bits per heavy atom. The molecule has 3 N–H and O–H groups in total. The van der Waals surface area contributed by atoms with Gasteiger partial charge in [0.25, 0.3) is 0 Å². The Bertz CT molecular complexity index is 614. The van der Waals surface area contributed by atoms with Crippen LogP contribution in [-0.4, -0.2) is 32.5 Å². The van der Waals surface area contributed by atoms with E-state index in [0.29, 0.717) is 12.1 Å². The summed E-state index contributed by atoms with van der Waals surface area (Å²) >= 11 is 1.61. The summed E-state index contributed by atoms with van der Waals surface area (Å²) in [7, 11) is -3.57. The molecule has 0 aliphatic heterocycles. The molecule has 0 saturated carbocycles. The number of nitrogens with two attached hydrogens (primary N) is 1. The minimum atomic E-state index is -3.57. The zero-order valence-electron chi connectivity index (χ0n) is 11.9. The average molecular weight is 312 g/mol. The minimum Gasteiger partial charge on any atom is -0.320 e. The third-order valence-electron chi connectivity index (χ3n) is 2.74. The van der Waals surface area contributed by atoms with Crippen LogP contribution in [0.15, 0.2) is 29.2 Å². The molecule has 6 heteroatoms. The SMILES string of the molecule is CSC(C)(C)CNS(=O)(=O)c1ccccc1C#CCN. The molecule has 0 aliphatic carbocycles. The van der Waals surface area contributed by atoms with Crippen molar-refractivity contribution in [3.63, 3.8) is 0 Å². The van der Waals surface area contributed by atoms with Crippen molar-refractivity contribution in [2.75, 3.05) is 19.3 Å². The quantitative estimate of drug-likeness (QED) is 0.807. The first-order valence-corrected chi connectivity index (χ1v) is 8.86. The molecule has 1 aromatic carbocycles. The Kier molecular flexibility index (Phi) is 6.08. The van der Waals surface area contributed by atoms with Gasteiger partial charge in [-0.2, -0.15) is 11.8 Å². The van der Waals surface area contributed by atoms with Gasteiger partial charge in [0.05, 0.1) is 11.4 Å². The molecule has 1 rings (SSSR count). The van der Waals surface area contributed by atoms with E-state index >= 15 is 0 Å². The number of hydrogen-bond acceptors (Lipinski definition) is 4. The topological polar surface area (TPSA) is 72.2 Å². The van der Waals surface area contributed by atoms with Gasteiger partial charge >= 0.3 is 0 Å². The van der Waals surface area contributed by atoms with E-state index in [1.807, 2.05) is 20.1 Å². The second-order valence-corrected chi connectivity index (χ2v) is 8.04. The molecule has 0 spiro atoms. The first-order valence-electron chi connectivity index (χ1n) is 6.15. The molecule has 0 heterocycles. The van der Waals surface area contributed by atoms with E-state index in [2.05, 4.69) is 16.6 Å². The smallest absolute Gasteiger partial charge is 0.241 e. The van der Waals surface area contributed by atoms with Crippen LogP contribution in [0.2, 0.25) is 0 Å². The molecular formula is C14H20N2O2S2. The predicted molar refractivity (Wildman–Crippen MR) is 85.2 cm³/mol. The summed E-state index contributed by atoms with van der Waals surface area (Å²) in [5.41, 5.74) is 5.79. The highest BCUT2D eigenvalue weighted by Crippen LogP contribution is 2.21. The van der Waals surface area contributed by atoms with Gasteiger partial charge in [-0.3, -0.25) is 0 Å². The fourth-order valence-electron chi connectivity index (χ4n) is 1.37. The van der Waals surface area contributed by atoms with Crippen LogP contribution in [0.4, 0.5) is 0 Å². The highest BCUT2D eigenvalue weighted by Gasteiger charge is 2.22. The number of thioether (sulfide) groups is 1. The summed E-state index contributed by atoms with van der Waals surface area (Å²) in [6.45, 7) is 4.52. The summed E-state index contributed by atoms with van der Waals surface area (Å²) in [6.07, 6.45) is 1.95. The van der Waals surface area contributed by atoms with Gasteiger partial charge in [-0.15, -0.1) is 0 Å². The lowest BCUT2D eigenvalue weighted by Gasteiger charge is -2.22. The summed E-state index contributed by atoms with van der Waals surface area (Å²) in [5.74, 6) is 5.47. The fourth-order valence-corrected chi connectivity index (χ4v) is 3.05. The molecule has 0 unspecified atom stereocenters. The van der Waals surface area contributed by atoms with E-state index in [-0.39, 0.29) is 16.2 Å². The van der Waals surface area contributed by atoms with Crippen LogP contribution in [0.3, 0.4) is 0 Å². The lowest BCUT2D eigenvalue weighted by Crippen LogP contribution is -2.36. The lowest BCUT2D eigenvalue weighted by atomic mass is 10.2. The summed E-state index contributed by atoms with van der Waals surface area (Å²) in [6, 6.07) is 6.67. The van der Waals surface area contributed by atoms with Crippen molar-refractivity contribution in [2.45, 2.75) is 23.5 Å². The first-order chi connectivity index (χ1) is 9.32. The van der Waals surface area contributed by atoms with Crippen molar-refractivity contribution < 1.29 is 8.42 Å². The Hall–Kier alpha value is -1.00.